The van der Waals surface area contributed by atoms with Gasteiger partial charge in [-0.1, -0.05) is 0 Å². The molecule has 0 saturated carbocycles. The van der Waals surface area contributed by atoms with Crippen molar-refractivity contribution in [2.45, 2.75) is 36.9 Å². The zero-order chi connectivity index (χ0) is 13.7. The quantitative estimate of drug-likeness (QED) is 0.727. The lowest BCUT2D eigenvalue weighted by Crippen LogP contribution is -2.31. The molecule has 0 aromatic carbocycles. The Hall–Kier alpha value is -0.390. The normalized spacial score (nSPS) is 29.2. The molecule has 1 saturated heterocycles. The topological polar surface area (TPSA) is 29.4 Å². The molecule has 3 heterocycles. The Bertz CT molecular complexity index is 646. The molecule has 0 bridgehead atoms. The fraction of sp³-hybridized carbons (Fsp3) is 0.467. The molecule has 2 unspecified atom stereocenters. The van der Waals surface area contributed by atoms with Gasteiger partial charge in [-0.2, -0.15) is 11.8 Å². The van der Waals surface area contributed by atoms with Gasteiger partial charge >= 0.3 is 0 Å². The number of aliphatic imine (C=N–C) groups is 1. The molecule has 1 aromatic rings. The minimum absolute atomic E-state index is 0.245. The van der Waals surface area contributed by atoms with Crippen LogP contribution in [-0.2, 0) is 4.79 Å². The van der Waals surface area contributed by atoms with Crippen molar-refractivity contribution in [1.82, 2.24) is 0 Å². The fourth-order valence-corrected chi connectivity index (χ4v) is 6.44. The third-order valence-corrected chi connectivity index (χ3v) is 7.26. The van der Waals surface area contributed by atoms with E-state index in [0.29, 0.717) is 17.5 Å². The van der Waals surface area contributed by atoms with E-state index in [-0.39, 0.29) is 5.92 Å². The third kappa shape index (κ3) is 2.06. The molecular weight excluding hydrogens is 354 g/mol. The van der Waals surface area contributed by atoms with E-state index in [1.165, 1.54) is 10.6 Å². The highest BCUT2D eigenvalue weighted by atomic mass is 79.9. The van der Waals surface area contributed by atoms with Crippen LogP contribution in [0.15, 0.2) is 32.2 Å². The minimum atomic E-state index is 0.245. The Balaban J connectivity index is 1.87. The van der Waals surface area contributed by atoms with E-state index in [1.807, 2.05) is 11.8 Å². The van der Waals surface area contributed by atoms with Crippen LogP contribution in [0.5, 0.6) is 0 Å². The zero-order valence-electron chi connectivity index (χ0n) is 10.9. The number of rotatable bonds is 1. The average molecular weight is 368 g/mol. The van der Waals surface area contributed by atoms with Crippen LogP contribution < -0.4 is 0 Å². The number of thiophene rings is 1. The molecule has 1 fully saturated rings. The molecule has 0 spiro atoms. The molecular formula is C15H14BrNOS2. The van der Waals surface area contributed by atoms with E-state index >= 15 is 0 Å². The predicted octanol–water partition coefficient (Wildman–Crippen LogP) is 4.56. The third-order valence-electron chi connectivity index (χ3n) is 4.21. The number of allylic oxidation sites excluding steroid dienone is 2. The maximum absolute atomic E-state index is 12.5. The Labute approximate surface area is 134 Å². The fourth-order valence-electron chi connectivity index (χ4n) is 3.36. The van der Waals surface area contributed by atoms with Crippen molar-refractivity contribution in [3.8, 4) is 0 Å². The minimum Gasteiger partial charge on any atom is -0.294 e. The first-order valence-electron chi connectivity index (χ1n) is 6.94. The lowest BCUT2D eigenvalue weighted by Gasteiger charge is -2.32. The van der Waals surface area contributed by atoms with Crippen molar-refractivity contribution in [2.75, 3.05) is 5.75 Å². The second-order valence-corrected chi connectivity index (χ2v) is 9.15. The molecule has 0 N–H and O–H groups in total. The Morgan fingerprint density at radius 3 is 2.95 bits per heavy atom. The molecule has 2 nitrogen and oxygen atoms in total. The van der Waals surface area contributed by atoms with Gasteiger partial charge in [0.05, 0.1) is 9.04 Å². The van der Waals surface area contributed by atoms with Gasteiger partial charge in [-0.3, -0.25) is 9.79 Å². The molecule has 0 amide bonds. The van der Waals surface area contributed by atoms with Gasteiger partial charge in [0.1, 0.15) is 0 Å². The van der Waals surface area contributed by atoms with Crippen LogP contribution in [0.1, 0.15) is 36.5 Å². The maximum atomic E-state index is 12.5. The van der Waals surface area contributed by atoms with Crippen molar-refractivity contribution in [3.63, 3.8) is 0 Å². The Kier molecular flexibility index (Phi) is 3.39. The van der Waals surface area contributed by atoms with E-state index < -0.39 is 0 Å². The smallest absolute Gasteiger partial charge is 0.161 e. The van der Waals surface area contributed by atoms with E-state index in [1.54, 1.807) is 11.3 Å². The first-order chi connectivity index (χ1) is 9.74. The number of halogens is 1. The summed E-state index contributed by atoms with van der Waals surface area (Å²) in [5.74, 6) is 1.71. The van der Waals surface area contributed by atoms with Gasteiger partial charge in [-0.15, -0.1) is 11.3 Å². The maximum Gasteiger partial charge on any atom is 0.161 e. The monoisotopic (exact) mass is 367 g/mol. The summed E-state index contributed by atoms with van der Waals surface area (Å²) in [6, 6.07) is 4.27. The van der Waals surface area contributed by atoms with Crippen molar-refractivity contribution in [2.24, 2.45) is 4.99 Å². The van der Waals surface area contributed by atoms with Crippen LogP contribution in [0.2, 0.25) is 0 Å². The van der Waals surface area contributed by atoms with Gasteiger partial charge in [-0.25, -0.2) is 0 Å². The summed E-state index contributed by atoms with van der Waals surface area (Å²) >= 11 is 7.29. The average Bonchev–Trinajstić information content (AvgIpc) is 3.05. The van der Waals surface area contributed by atoms with Crippen LogP contribution in [0, 0.1) is 0 Å². The summed E-state index contributed by atoms with van der Waals surface area (Å²) in [4.78, 5) is 18.6. The molecule has 1 aromatic heterocycles. The first kappa shape index (κ1) is 13.3. The van der Waals surface area contributed by atoms with Gasteiger partial charge in [0.2, 0.25) is 0 Å². The van der Waals surface area contributed by atoms with Crippen LogP contribution in [0.4, 0.5) is 0 Å². The predicted molar refractivity (Wildman–Crippen MR) is 88.9 cm³/mol. The summed E-state index contributed by atoms with van der Waals surface area (Å²) in [7, 11) is 0. The summed E-state index contributed by atoms with van der Waals surface area (Å²) < 4.78 is 1.14. The zero-order valence-corrected chi connectivity index (χ0v) is 14.1. The molecule has 4 rings (SSSR count). The number of ketones is 1. The van der Waals surface area contributed by atoms with Crippen LogP contribution >= 0.6 is 39.0 Å². The lowest BCUT2D eigenvalue weighted by molar-refractivity contribution is -0.116. The summed E-state index contributed by atoms with van der Waals surface area (Å²) in [6.45, 7) is 0. The van der Waals surface area contributed by atoms with Crippen molar-refractivity contribution in [3.05, 3.63) is 32.1 Å². The Morgan fingerprint density at radius 1 is 1.25 bits per heavy atom. The summed E-state index contributed by atoms with van der Waals surface area (Å²) in [6.07, 6.45) is 3.73. The second kappa shape index (κ2) is 5.11. The van der Waals surface area contributed by atoms with Gasteiger partial charge < -0.3 is 0 Å². The van der Waals surface area contributed by atoms with Gasteiger partial charge in [0.25, 0.3) is 0 Å². The molecule has 2 aliphatic heterocycles. The molecule has 2 atom stereocenters. The second-order valence-electron chi connectivity index (χ2n) is 5.40. The van der Waals surface area contributed by atoms with Crippen molar-refractivity contribution < 1.29 is 4.79 Å². The number of Topliss-reactive ketones (excluding diaryl/α,β-unsaturated/α-hetero) is 1. The van der Waals surface area contributed by atoms with E-state index in [0.717, 1.165) is 40.1 Å². The van der Waals surface area contributed by atoms with E-state index in [4.69, 9.17) is 4.99 Å². The summed E-state index contributed by atoms with van der Waals surface area (Å²) in [5.41, 5.74) is 3.43. The van der Waals surface area contributed by atoms with Gasteiger partial charge in [0, 0.05) is 34.2 Å². The van der Waals surface area contributed by atoms with Crippen LogP contribution in [0.3, 0.4) is 0 Å². The molecule has 3 aliphatic rings. The molecule has 0 radical (unpaired) electrons. The highest BCUT2D eigenvalue weighted by Gasteiger charge is 2.42. The standard InChI is InChI=1S/C15H14BrNOS2/c16-12-5-4-11(20-12)14-13-8(2-1-3-10(13)18)17-9-6-7-19-15(9)14/h4-5,14-15H,1-3,6-7H2. The molecule has 5 heteroatoms. The van der Waals surface area contributed by atoms with Crippen LogP contribution in [-0.4, -0.2) is 22.5 Å². The number of carbonyl (C=O) groups excluding carboxylic acids is 1. The first-order valence-corrected chi connectivity index (χ1v) is 9.60. The largest absolute Gasteiger partial charge is 0.294 e. The number of fused-ring (bicyclic) bond motifs is 1. The highest BCUT2D eigenvalue weighted by molar-refractivity contribution is 9.11. The number of carbonyl (C=O) groups is 1. The van der Waals surface area contributed by atoms with E-state index in [9.17, 15) is 4.79 Å². The van der Waals surface area contributed by atoms with Crippen molar-refractivity contribution >= 4 is 50.5 Å². The molecule has 20 heavy (non-hydrogen) atoms. The summed E-state index contributed by atoms with van der Waals surface area (Å²) in [5, 5.41) is 0.390. The number of nitrogens with zero attached hydrogens (tertiary/aromatic N) is 1. The molecule has 104 valence electrons. The SMILES string of the molecule is O=C1CCCC2=C1C(c1ccc(Br)s1)C1SCCC1=N2. The molecule has 1 aliphatic carbocycles. The van der Waals surface area contributed by atoms with Gasteiger partial charge in [-0.05, 0) is 53.1 Å². The number of thioether (sulfide) groups is 1. The lowest BCUT2D eigenvalue weighted by atomic mass is 9.80. The number of hydrogen-bond donors (Lipinski definition) is 0. The van der Waals surface area contributed by atoms with E-state index in [2.05, 4.69) is 28.1 Å². The van der Waals surface area contributed by atoms with Gasteiger partial charge in [0.15, 0.2) is 5.78 Å². The van der Waals surface area contributed by atoms with Crippen molar-refractivity contribution in [1.29, 1.82) is 0 Å². The number of hydrogen-bond acceptors (Lipinski definition) is 4. The van der Waals surface area contributed by atoms with Crippen LogP contribution in [0.25, 0.3) is 0 Å². The highest BCUT2D eigenvalue weighted by Crippen LogP contribution is 2.49. The Morgan fingerprint density at radius 2 is 2.15 bits per heavy atom.